The van der Waals surface area contributed by atoms with Crippen molar-refractivity contribution in [1.82, 2.24) is 55.6 Å². The maximum atomic E-state index is 15.1. The molecule has 12 atom stereocenters. The Bertz CT molecular complexity index is 2370. The lowest BCUT2D eigenvalue weighted by molar-refractivity contribution is -0.157. The predicted octanol–water partition coefficient (Wildman–Crippen LogP) is 2.38. The van der Waals surface area contributed by atoms with Gasteiger partial charge in [-0.25, -0.2) is 0 Å². The van der Waals surface area contributed by atoms with Crippen molar-refractivity contribution in [2.24, 2.45) is 35.5 Å². The minimum atomic E-state index is -1.64. The molecule has 492 valence electrons. The van der Waals surface area contributed by atoms with Crippen molar-refractivity contribution in [3.05, 3.63) is 12.2 Å². The van der Waals surface area contributed by atoms with Gasteiger partial charge >= 0.3 is 0 Å². The van der Waals surface area contributed by atoms with Crippen molar-refractivity contribution in [3.63, 3.8) is 0 Å². The van der Waals surface area contributed by atoms with Gasteiger partial charge in [-0.1, -0.05) is 95.2 Å². The van der Waals surface area contributed by atoms with Gasteiger partial charge in [-0.15, -0.1) is 0 Å². The topological polar surface area (TPSA) is 299 Å². The van der Waals surface area contributed by atoms with Gasteiger partial charge < -0.3 is 65.8 Å². The number of aliphatic hydroxyl groups excluding tert-OH is 1. The Labute approximate surface area is 513 Å². The van der Waals surface area contributed by atoms with E-state index in [1.165, 1.54) is 96.6 Å². The number of hydrogen-bond donors (Lipinski definition) is 6. The molecule has 1 aliphatic rings. The number of nitrogens with zero attached hydrogens (tertiary/aromatic N) is 7. The normalized spacial score (nSPS) is 26.9. The van der Waals surface area contributed by atoms with Crippen molar-refractivity contribution in [3.8, 4) is 0 Å². The van der Waals surface area contributed by atoms with Crippen LogP contribution in [0, 0.1) is 35.5 Å². The zero-order chi connectivity index (χ0) is 66.9. The van der Waals surface area contributed by atoms with Crippen molar-refractivity contribution < 1.29 is 63.0 Å². The first-order valence-electron chi connectivity index (χ1n) is 30.6. The molecule has 1 fully saturated rings. The smallest absolute Gasteiger partial charge is 0.246 e. The molecular formula is C62H111N11O13. The number of carbonyl (C=O) groups excluding carboxylic acids is 11. The minimum absolute atomic E-state index is 0.0135. The number of nitrogens with one attached hydrogen (secondary N) is 4. The molecule has 0 spiro atoms. The van der Waals surface area contributed by atoms with Crippen LogP contribution >= 0.6 is 0 Å². The third-order valence-corrected chi connectivity index (χ3v) is 16.1. The molecule has 24 heteroatoms. The van der Waals surface area contributed by atoms with Crippen LogP contribution in [0.1, 0.15) is 156 Å². The molecule has 0 bridgehead atoms. The summed E-state index contributed by atoms with van der Waals surface area (Å²) in [6, 6.07) is -12.9. The highest BCUT2D eigenvalue weighted by Crippen LogP contribution is 2.26. The Balaban J connectivity index is 4.35. The molecule has 1 saturated heterocycles. The van der Waals surface area contributed by atoms with Crippen LogP contribution in [0.15, 0.2) is 12.2 Å². The Kier molecular flexibility index (Phi) is 31.1. The summed E-state index contributed by atoms with van der Waals surface area (Å²) in [4.78, 5) is 168. The quantitative estimate of drug-likeness (QED) is 0.129. The highest BCUT2D eigenvalue weighted by Gasteiger charge is 2.46. The van der Waals surface area contributed by atoms with Crippen molar-refractivity contribution >= 4 is 65.0 Å². The summed E-state index contributed by atoms with van der Waals surface area (Å²) >= 11 is 0. The van der Waals surface area contributed by atoms with E-state index in [1.54, 1.807) is 60.6 Å². The van der Waals surface area contributed by atoms with Gasteiger partial charge in [0.15, 0.2) is 0 Å². The second-order valence-corrected chi connectivity index (χ2v) is 26.5. The largest absolute Gasteiger partial charge is 0.390 e. The number of aliphatic hydroxyl groups is 2. The molecule has 6 N–H and O–H groups in total. The standard InChI is InChI=1S/C62H111N11O13/c1-25-27-28-39(13)51(75)50-55(79)65-42(26-2)57(81)67(18)33-47(74)68(19)46(32-62(16,17)86)54(78)66-48(37(9)10)60(84)69(20)43(29-34(3)4)53(77)63-40(14)52(76)64-41(15)56(80)70(21)44(30-35(5)6)58(82)71(22)45(31-36(7)8)59(83)72(23)49(38(11)12)61(85)73(50)24/h25,27,34-46,48-51,75,86H,26,28-33H2,1-24H3,(H,63,77)(H,64,76)(H,65,79)(H,66,78)/b27-25+/t39-,40+,41-,42-,43-,44+,45+,46+,48+,49-,50+,51-/m1/s1. The summed E-state index contributed by atoms with van der Waals surface area (Å²) in [5.74, 6) is -10.3. The first kappa shape index (κ1) is 77.8. The van der Waals surface area contributed by atoms with Gasteiger partial charge in [0.05, 0.1) is 18.2 Å². The van der Waals surface area contributed by atoms with Crippen LogP contribution in [0.3, 0.4) is 0 Å². The summed E-state index contributed by atoms with van der Waals surface area (Å²) in [6.45, 7) is 28.1. The third-order valence-electron chi connectivity index (χ3n) is 16.1. The van der Waals surface area contributed by atoms with Gasteiger partial charge in [0, 0.05) is 55.8 Å². The van der Waals surface area contributed by atoms with E-state index >= 15 is 9.59 Å². The van der Waals surface area contributed by atoms with Gasteiger partial charge in [0.25, 0.3) is 0 Å². The number of amides is 11. The molecule has 24 nitrogen and oxygen atoms in total. The third kappa shape index (κ3) is 21.9. The lowest BCUT2D eigenvalue weighted by Gasteiger charge is -2.41. The molecule has 86 heavy (non-hydrogen) atoms. The second-order valence-electron chi connectivity index (χ2n) is 26.5. The summed E-state index contributed by atoms with van der Waals surface area (Å²) < 4.78 is 0. The van der Waals surface area contributed by atoms with Crippen LogP contribution in [0.25, 0.3) is 0 Å². The average molecular weight is 1220 g/mol. The van der Waals surface area contributed by atoms with E-state index in [0.717, 1.165) is 14.7 Å². The maximum Gasteiger partial charge on any atom is 0.246 e. The number of hydrogen-bond acceptors (Lipinski definition) is 13. The highest BCUT2D eigenvalue weighted by molar-refractivity contribution is 5.99. The van der Waals surface area contributed by atoms with Crippen LogP contribution in [0.5, 0.6) is 0 Å². The molecule has 0 aliphatic carbocycles. The molecule has 11 amide bonds. The van der Waals surface area contributed by atoms with Crippen LogP contribution in [0.2, 0.25) is 0 Å². The molecule has 0 aromatic carbocycles. The fourth-order valence-electron chi connectivity index (χ4n) is 10.7. The Morgan fingerprint density at radius 3 is 1.41 bits per heavy atom. The fraction of sp³-hybridized carbons (Fsp3) is 0.790. The number of rotatable bonds is 15. The monoisotopic (exact) mass is 1220 g/mol. The molecule has 0 aromatic heterocycles. The van der Waals surface area contributed by atoms with Gasteiger partial charge in [-0.2, -0.15) is 0 Å². The van der Waals surface area contributed by atoms with E-state index in [2.05, 4.69) is 21.3 Å². The van der Waals surface area contributed by atoms with E-state index in [-0.39, 0.29) is 49.9 Å². The van der Waals surface area contributed by atoms with Crippen molar-refractivity contribution in [1.29, 1.82) is 0 Å². The highest BCUT2D eigenvalue weighted by atomic mass is 16.3. The Hall–Kier alpha value is -6.17. The molecule has 1 aliphatic heterocycles. The Morgan fingerprint density at radius 1 is 0.512 bits per heavy atom. The van der Waals surface area contributed by atoms with Gasteiger partial charge in [-0.3, -0.25) is 52.7 Å². The fourth-order valence-corrected chi connectivity index (χ4v) is 10.7. The summed E-state index contributed by atoms with van der Waals surface area (Å²) in [7, 11) is 9.67. The molecule has 0 radical (unpaired) electrons. The molecule has 1 rings (SSSR count). The number of allylic oxidation sites excluding steroid dienone is 2. The lowest BCUT2D eigenvalue weighted by atomic mass is 9.91. The molecule has 0 unspecified atom stereocenters. The van der Waals surface area contributed by atoms with Crippen molar-refractivity contribution in [2.45, 2.75) is 228 Å². The predicted molar refractivity (Wildman–Crippen MR) is 330 cm³/mol. The zero-order valence-corrected chi connectivity index (χ0v) is 56.4. The van der Waals surface area contributed by atoms with Gasteiger partial charge in [-0.05, 0) is 102 Å². The Morgan fingerprint density at radius 2 is 0.953 bits per heavy atom. The molecule has 0 aromatic rings. The number of carbonyl (C=O) groups is 11. The van der Waals surface area contributed by atoms with Crippen LogP contribution in [-0.4, -0.2) is 237 Å². The summed E-state index contributed by atoms with van der Waals surface area (Å²) in [6.07, 6.45) is 2.40. The van der Waals surface area contributed by atoms with Gasteiger partial charge in [0.1, 0.15) is 60.4 Å². The minimum Gasteiger partial charge on any atom is -0.390 e. The van der Waals surface area contributed by atoms with Crippen LogP contribution < -0.4 is 21.3 Å². The molecule has 1 heterocycles. The average Bonchev–Trinajstić information content (AvgIpc) is 3.54. The molecular weight excluding hydrogens is 1110 g/mol. The van der Waals surface area contributed by atoms with E-state index in [9.17, 15) is 53.4 Å². The first-order valence-corrected chi connectivity index (χ1v) is 30.6. The van der Waals surface area contributed by atoms with E-state index in [4.69, 9.17) is 0 Å². The number of likely N-dealkylation sites (N-methyl/N-ethyl adjacent to an activating group) is 7. The van der Waals surface area contributed by atoms with Crippen LogP contribution in [-0.2, 0) is 52.7 Å². The van der Waals surface area contributed by atoms with E-state index in [0.29, 0.717) is 6.42 Å². The van der Waals surface area contributed by atoms with E-state index < -0.39 is 161 Å². The summed E-state index contributed by atoms with van der Waals surface area (Å²) in [5, 5.41) is 34.0. The molecule has 0 saturated carbocycles. The first-order chi connectivity index (χ1) is 39.5. The second kappa shape index (κ2) is 34.4. The lowest BCUT2D eigenvalue weighted by Crippen LogP contribution is -2.63. The van der Waals surface area contributed by atoms with Crippen LogP contribution in [0.4, 0.5) is 0 Å². The summed E-state index contributed by atoms with van der Waals surface area (Å²) in [5.41, 5.74) is -1.55. The van der Waals surface area contributed by atoms with Gasteiger partial charge in [0.2, 0.25) is 65.0 Å². The zero-order valence-electron chi connectivity index (χ0n) is 56.4. The SMILES string of the molecule is C/C=C/C[C@@H](C)[C@@H](O)[C@H]1C(=O)N[C@H](CC)C(=O)N(C)CC(=O)N(C)[C@@H](CC(C)(C)O)C(=O)N[C@@H](C(C)C)C(=O)N(C)[C@H](CC(C)C)C(=O)N[C@@H](C)C(=O)N[C@H](C)C(=O)N(C)[C@@H](CC(C)C)C(=O)N(C)[C@@H](CC(C)C)C(=O)N(C)[C@H](C(C)C)C(=O)N1C. The maximum absolute atomic E-state index is 15.1. The van der Waals surface area contributed by atoms with E-state index in [1.807, 2.05) is 41.5 Å². The van der Waals surface area contributed by atoms with Crippen molar-refractivity contribution in [2.75, 3.05) is 55.9 Å².